The Morgan fingerprint density at radius 3 is 2.79 bits per heavy atom. The molecule has 1 N–H and O–H groups in total. The molecule has 0 bridgehead atoms. The van der Waals surface area contributed by atoms with E-state index >= 15 is 0 Å². The maximum Gasteiger partial charge on any atom is 0.224 e. The van der Waals surface area contributed by atoms with Gasteiger partial charge in [-0.3, -0.25) is 14.7 Å². The van der Waals surface area contributed by atoms with Crippen LogP contribution in [-0.2, 0) is 17.8 Å². The molecule has 4 rings (SSSR count). The highest BCUT2D eigenvalue weighted by Crippen LogP contribution is 2.26. The van der Waals surface area contributed by atoms with E-state index in [2.05, 4.69) is 47.2 Å². The molecule has 3 aromatic rings. The van der Waals surface area contributed by atoms with Gasteiger partial charge in [0.25, 0.3) is 0 Å². The van der Waals surface area contributed by atoms with Gasteiger partial charge in [-0.25, -0.2) is 0 Å². The minimum atomic E-state index is 0.0732. The lowest BCUT2D eigenvalue weighted by molar-refractivity contribution is -0.121. The first-order chi connectivity index (χ1) is 13.6. The summed E-state index contributed by atoms with van der Waals surface area (Å²) in [4.78, 5) is 19.4. The Labute approximate surface area is 165 Å². The van der Waals surface area contributed by atoms with Crippen LogP contribution in [0.1, 0.15) is 35.2 Å². The second-order valence-corrected chi connectivity index (χ2v) is 7.76. The van der Waals surface area contributed by atoms with Crippen LogP contribution in [0.15, 0.2) is 47.2 Å². The molecular formula is C23H27N3O2. The monoisotopic (exact) mass is 377 g/mol. The van der Waals surface area contributed by atoms with Gasteiger partial charge in [-0.05, 0) is 49.9 Å². The number of nitrogens with one attached hydrogen (secondary N) is 1. The molecule has 2 aromatic heterocycles. The van der Waals surface area contributed by atoms with E-state index in [1.54, 1.807) is 6.26 Å². The topological polar surface area (TPSA) is 58.4 Å². The van der Waals surface area contributed by atoms with E-state index in [4.69, 9.17) is 4.42 Å². The number of fused-ring (bicyclic) bond motifs is 1. The third-order valence-electron chi connectivity index (χ3n) is 5.76. The molecule has 5 heteroatoms. The Kier molecular flexibility index (Phi) is 5.44. The molecule has 1 amide bonds. The molecule has 0 saturated carbocycles. The van der Waals surface area contributed by atoms with Crippen molar-refractivity contribution in [3.8, 4) is 0 Å². The van der Waals surface area contributed by atoms with E-state index in [9.17, 15) is 4.79 Å². The van der Waals surface area contributed by atoms with Gasteiger partial charge in [0.2, 0.25) is 5.91 Å². The second-order valence-electron chi connectivity index (χ2n) is 7.76. The van der Waals surface area contributed by atoms with Gasteiger partial charge in [0.1, 0.15) is 5.58 Å². The van der Waals surface area contributed by atoms with Crippen LogP contribution in [0, 0.1) is 13.8 Å². The summed E-state index contributed by atoms with van der Waals surface area (Å²) in [6.45, 7) is 6.97. The molecule has 0 spiro atoms. The van der Waals surface area contributed by atoms with Crippen LogP contribution in [0.25, 0.3) is 11.0 Å². The normalized spacial score (nSPS) is 15.8. The van der Waals surface area contributed by atoms with Crippen LogP contribution in [0.3, 0.4) is 0 Å². The molecule has 1 aliphatic rings. The highest BCUT2D eigenvalue weighted by molar-refractivity contribution is 5.89. The zero-order valence-corrected chi connectivity index (χ0v) is 16.6. The van der Waals surface area contributed by atoms with Gasteiger partial charge >= 0.3 is 0 Å². The molecule has 1 aliphatic heterocycles. The van der Waals surface area contributed by atoms with Crippen molar-refractivity contribution in [3.63, 3.8) is 0 Å². The number of aromatic nitrogens is 1. The highest BCUT2D eigenvalue weighted by atomic mass is 16.3. The lowest BCUT2D eigenvalue weighted by atomic mass is 10.0. The van der Waals surface area contributed by atoms with Crippen molar-refractivity contribution in [2.75, 3.05) is 13.1 Å². The van der Waals surface area contributed by atoms with Crippen LogP contribution in [-0.4, -0.2) is 34.9 Å². The molecule has 1 saturated heterocycles. The second kappa shape index (κ2) is 8.15. The van der Waals surface area contributed by atoms with E-state index in [1.807, 2.05) is 18.3 Å². The third-order valence-corrected chi connectivity index (χ3v) is 5.76. The first kappa shape index (κ1) is 18.7. The number of carbonyl (C=O) groups excluding carboxylic acids is 1. The van der Waals surface area contributed by atoms with Gasteiger partial charge in [-0.15, -0.1) is 0 Å². The maximum atomic E-state index is 12.6. The summed E-state index contributed by atoms with van der Waals surface area (Å²) in [6.07, 6.45) is 5.88. The average Bonchev–Trinajstić information content (AvgIpc) is 3.10. The molecule has 0 atom stereocenters. The van der Waals surface area contributed by atoms with Gasteiger partial charge in [0.15, 0.2) is 0 Å². The predicted molar refractivity (Wildman–Crippen MR) is 110 cm³/mol. The summed E-state index contributed by atoms with van der Waals surface area (Å²) in [5.41, 5.74) is 5.30. The number of hydrogen-bond donors (Lipinski definition) is 1. The summed E-state index contributed by atoms with van der Waals surface area (Å²) in [7, 11) is 0. The maximum absolute atomic E-state index is 12.6. The Balaban J connectivity index is 1.30. The van der Waals surface area contributed by atoms with Crippen molar-refractivity contribution in [2.24, 2.45) is 0 Å². The molecule has 3 heterocycles. The van der Waals surface area contributed by atoms with Crippen molar-refractivity contribution in [2.45, 2.75) is 45.7 Å². The largest absolute Gasteiger partial charge is 0.464 e. The number of likely N-dealkylation sites (tertiary alicyclic amines) is 1. The molecule has 0 radical (unpaired) electrons. The number of amides is 1. The van der Waals surface area contributed by atoms with Crippen LogP contribution < -0.4 is 5.32 Å². The number of hydrogen-bond acceptors (Lipinski definition) is 4. The van der Waals surface area contributed by atoms with Gasteiger partial charge in [-0.1, -0.05) is 18.2 Å². The quantitative estimate of drug-likeness (QED) is 0.735. The molecule has 0 unspecified atom stereocenters. The first-order valence-electron chi connectivity index (χ1n) is 9.98. The highest BCUT2D eigenvalue weighted by Gasteiger charge is 2.21. The van der Waals surface area contributed by atoms with Gasteiger partial charge in [-0.2, -0.15) is 0 Å². The van der Waals surface area contributed by atoms with Crippen molar-refractivity contribution in [1.29, 1.82) is 0 Å². The molecule has 5 nitrogen and oxygen atoms in total. The number of pyridine rings is 1. The summed E-state index contributed by atoms with van der Waals surface area (Å²) in [6, 6.07) is 10.4. The Morgan fingerprint density at radius 2 is 2.04 bits per heavy atom. The molecular weight excluding hydrogens is 350 g/mol. The van der Waals surface area contributed by atoms with Crippen molar-refractivity contribution in [1.82, 2.24) is 15.2 Å². The standard InChI is InChI=1S/C23H27N3O2/c1-16-6-7-21-18(15-28-23(21)17(16)2)13-22(27)25-19-8-11-26(12-9-19)14-20-5-3-4-10-24-20/h3-7,10,15,19H,8-9,11-14H2,1-2H3,(H,25,27). The fourth-order valence-electron chi connectivity index (χ4n) is 3.93. The van der Waals surface area contributed by atoms with Crippen LogP contribution >= 0.6 is 0 Å². The van der Waals surface area contributed by atoms with Gasteiger partial charge in [0.05, 0.1) is 18.4 Å². The average molecular weight is 377 g/mol. The summed E-state index contributed by atoms with van der Waals surface area (Å²) in [5, 5.41) is 4.25. The van der Waals surface area contributed by atoms with E-state index in [-0.39, 0.29) is 11.9 Å². The molecule has 1 fully saturated rings. The van der Waals surface area contributed by atoms with Crippen molar-refractivity contribution >= 4 is 16.9 Å². The number of furan rings is 1. The SMILES string of the molecule is Cc1ccc2c(CC(=O)NC3CCN(Cc4ccccn4)CC3)coc2c1C. The minimum Gasteiger partial charge on any atom is -0.464 e. The lowest BCUT2D eigenvalue weighted by Gasteiger charge is -2.32. The summed E-state index contributed by atoms with van der Waals surface area (Å²) in [5.74, 6) is 0.0732. The summed E-state index contributed by atoms with van der Waals surface area (Å²) >= 11 is 0. The van der Waals surface area contributed by atoms with E-state index in [0.717, 1.165) is 60.3 Å². The fourth-order valence-corrected chi connectivity index (χ4v) is 3.93. The third kappa shape index (κ3) is 4.09. The van der Waals surface area contributed by atoms with Crippen molar-refractivity contribution < 1.29 is 9.21 Å². The molecule has 146 valence electrons. The fraction of sp³-hybridized carbons (Fsp3) is 0.391. The van der Waals surface area contributed by atoms with Crippen molar-refractivity contribution in [3.05, 3.63) is 65.2 Å². The zero-order valence-electron chi connectivity index (χ0n) is 16.6. The molecule has 28 heavy (non-hydrogen) atoms. The number of rotatable bonds is 5. The van der Waals surface area contributed by atoms with E-state index in [1.165, 1.54) is 5.56 Å². The number of nitrogens with zero attached hydrogens (tertiary/aromatic N) is 2. The van der Waals surface area contributed by atoms with E-state index < -0.39 is 0 Å². The van der Waals surface area contributed by atoms with Gasteiger partial charge in [0, 0.05) is 42.8 Å². The minimum absolute atomic E-state index is 0.0732. The number of piperidine rings is 1. The Morgan fingerprint density at radius 1 is 1.21 bits per heavy atom. The summed E-state index contributed by atoms with van der Waals surface area (Å²) < 4.78 is 5.73. The number of carbonyl (C=O) groups is 1. The van der Waals surface area contributed by atoms with Crippen LogP contribution in [0.5, 0.6) is 0 Å². The number of benzene rings is 1. The molecule has 0 aliphatic carbocycles. The first-order valence-corrected chi connectivity index (χ1v) is 9.98. The van der Waals surface area contributed by atoms with Crippen LogP contribution in [0.2, 0.25) is 0 Å². The molecule has 1 aromatic carbocycles. The van der Waals surface area contributed by atoms with E-state index in [0.29, 0.717) is 6.42 Å². The predicted octanol–water partition coefficient (Wildman–Crippen LogP) is 3.77. The zero-order chi connectivity index (χ0) is 19.5. The van der Waals surface area contributed by atoms with Gasteiger partial charge < -0.3 is 9.73 Å². The number of aryl methyl sites for hydroxylation is 2. The Hall–Kier alpha value is -2.66. The smallest absolute Gasteiger partial charge is 0.224 e. The lowest BCUT2D eigenvalue weighted by Crippen LogP contribution is -2.44. The van der Waals surface area contributed by atoms with Crippen LogP contribution in [0.4, 0.5) is 0 Å². The Bertz CT molecular complexity index is 957.